The predicted molar refractivity (Wildman–Crippen MR) is 97.7 cm³/mol. The minimum atomic E-state index is -0.488. The number of hydrogen-bond donors (Lipinski definition) is 1. The van der Waals surface area contributed by atoms with E-state index in [1.165, 1.54) is 18.4 Å². The minimum absolute atomic E-state index is 0.488. The van der Waals surface area contributed by atoms with Crippen molar-refractivity contribution in [3.8, 4) is 0 Å². The molecule has 2 rings (SSSR count). The number of benzene rings is 2. The van der Waals surface area contributed by atoms with Gasteiger partial charge in [-0.25, -0.2) is 0 Å². The molecule has 0 fully saturated rings. The Morgan fingerprint density at radius 2 is 1.70 bits per heavy atom. The summed E-state index contributed by atoms with van der Waals surface area (Å²) in [5.41, 5.74) is 2.20. The van der Waals surface area contributed by atoms with Crippen molar-refractivity contribution >= 4 is 11.6 Å². The molecule has 0 aromatic heterocycles. The van der Waals surface area contributed by atoms with Crippen molar-refractivity contribution in [3.63, 3.8) is 0 Å². The van der Waals surface area contributed by atoms with Crippen LogP contribution >= 0.6 is 11.6 Å². The van der Waals surface area contributed by atoms with Gasteiger partial charge >= 0.3 is 0 Å². The van der Waals surface area contributed by atoms with Gasteiger partial charge in [0.2, 0.25) is 0 Å². The van der Waals surface area contributed by atoms with E-state index < -0.39 is 6.10 Å². The monoisotopic (exact) mass is 331 g/mol. The molecule has 2 aromatic rings. The van der Waals surface area contributed by atoms with Gasteiger partial charge in [0.15, 0.2) is 0 Å². The van der Waals surface area contributed by atoms with Crippen LogP contribution < -0.4 is 0 Å². The molecule has 1 atom stereocenters. The van der Waals surface area contributed by atoms with E-state index >= 15 is 0 Å². The summed E-state index contributed by atoms with van der Waals surface area (Å²) in [5.74, 6) is 0. The maximum absolute atomic E-state index is 10.5. The average Bonchev–Trinajstić information content (AvgIpc) is 2.56. The molecule has 23 heavy (non-hydrogen) atoms. The number of hydrogen-bond acceptors (Lipinski definition) is 2. The second-order valence-corrected chi connectivity index (χ2v) is 6.43. The number of halogens is 1. The highest BCUT2D eigenvalue weighted by atomic mass is 35.5. The van der Waals surface area contributed by atoms with Gasteiger partial charge in [0, 0.05) is 18.1 Å². The zero-order valence-electron chi connectivity index (χ0n) is 13.8. The van der Waals surface area contributed by atoms with Crippen molar-refractivity contribution in [2.45, 2.75) is 38.8 Å². The largest absolute Gasteiger partial charge is 0.387 e. The van der Waals surface area contributed by atoms with Crippen LogP contribution in [0.15, 0.2) is 54.6 Å². The van der Waals surface area contributed by atoms with Gasteiger partial charge in [-0.2, -0.15) is 0 Å². The van der Waals surface area contributed by atoms with E-state index in [4.69, 9.17) is 11.6 Å². The molecule has 0 spiro atoms. The van der Waals surface area contributed by atoms with E-state index in [-0.39, 0.29) is 0 Å². The van der Waals surface area contributed by atoms with Gasteiger partial charge in [0.25, 0.3) is 0 Å². The summed E-state index contributed by atoms with van der Waals surface area (Å²) in [7, 11) is 0. The first-order valence-electron chi connectivity index (χ1n) is 8.39. The first-order valence-corrected chi connectivity index (χ1v) is 8.76. The van der Waals surface area contributed by atoms with Crippen molar-refractivity contribution in [3.05, 3.63) is 70.7 Å². The molecule has 2 aromatic carbocycles. The van der Waals surface area contributed by atoms with E-state index in [0.29, 0.717) is 11.6 Å². The van der Waals surface area contributed by atoms with Gasteiger partial charge in [-0.15, -0.1) is 0 Å². The Labute approximate surface area is 144 Å². The quantitative estimate of drug-likeness (QED) is 0.649. The SMILES string of the molecule is CCCCCN(Cc1ccccc1)CC(O)c1ccc(Cl)cc1. The standard InChI is InChI=1S/C20H26ClNO/c1-2-3-7-14-22(15-17-8-5-4-6-9-17)16-20(23)18-10-12-19(21)13-11-18/h4-6,8-13,20,23H,2-3,7,14-16H2,1H3. The zero-order chi connectivity index (χ0) is 16.5. The van der Waals surface area contributed by atoms with Crippen molar-refractivity contribution in [2.75, 3.05) is 13.1 Å². The molecule has 0 bridgehead atoms. The Morgan fingerprint density at radius 1 is 1.00 bits per heavy atom. The zero-order valence-corrected chi connectivity index (χ0v) is 14.5. The fraction of sp³-hybridized carbons (Fsp3) is 0.400. The molecule has 124 valence electrons. The molecule has 3 heteroatoms. The fourth-order valence-corrected chi connectivity index (χ4v) is 2.82. The van der Waals surface area contributed by atoms with Crippen molar-refractivity contribution in [1.82, 2.24) is 4.90 Å². The Bertz CT molecular complexity index is 556. The van der Waals surface area contributed by atoms with E-state index in [1.54, 1.807) is 0 Å². The number of aliphatic hydroxyl groups is 1. The molecular formula is C20H26ClNO. The second kappa shape index (κ2) is 9.71. The lowest BCUT2D eigenvalue weighted by Gasteiger charge is -2.25. The van der Waals surface area contributed by atoms with Gasteiger partial charge in [0.1, 0.15) is 0 Å². The third kappa shape index (κ3) is 6.34. The normalized spacial score (nSPS) is 12.5. The van der Waals surface area contributed by atoms with Gasteiger partial charge in [-0.1, -0.05) is 73.8 Å². The van der Waals surface area contributed by atoms with Crippen LogP contribution in [0.2, 0.25) is 5.02 Å². The first kappa shape index (κ1) is 18.0. The molecule has 1 N–H and O–H groups in total. The van der Waals surface area contributed by atoms with Crippen LogP contribution in [0.1, 0.15) is 43.4 Å². The Kier molecular flexibility index (Phi) is 7.60. The van der Waals surface area contributed by atoms with Crippen molar-refractivity contribution < 1.29 is 5.11 Å². The van der Waals surface area contributed by atoms with E-state index in [0.717, 1.165) is 25.1 Å². The van der Waals surface area contributed by atoms with Gasteiger partial charge in [-0.3, -0.25) is 4.90 Å². The summed E-state index contributed by atoms with van der Waals surface area (Å²) in [4.78, 5) is 2.34. The topological polar surface area (TPSA) is 23.5 Å². The molecule has 1 unspecified atom stereocenters. The highest BCUT2D eigenvalue weighted by Crippen LogP contribution is 2.19. The molecule has 0 heterocycles. The Hall–Kier alpha value is -1.35. The van der Waals surface area contributed by atoms with Crippen LogP contribution in [0.25, 0.3) is 0 Å². The summed E-state index contributed by atoms with van der Waals surface area (Å²) in [6, 6.07) is 17.9. The van der Waals surface area contributed by atoms with E-state index in [9.17, 15) is 5.11 Å². The van der Waals surface area contributed by atoms with Crippen LogP contribution in [0.3, 0.4) is 0 Å². The predicted octanol–water partition coefficient (Wildman–Crippen LogP) is 5.07. The smallest absolute Gasteiger partial charge is 0.0917 e. The van der Waals surface area contributed by atoms with Crippen LogP contribution in [-0.4, -0.2) is 23.1 Å². The van der Waals surface area contributed by atoms with Crippen molar-refractivity contribution in [2.24, 2.45) is 0 Å². The van der Waals surface area contributed by atoms with Crippen LogP contribution in [-0.2, 0) is 6.54 Å². The summed E-state index contributed by atoms with van der Waals surface area (Å²) in [6.45, 7) is 4.73. The third-order valence-corrected chi connectivity index (χ3v) is 4.26. The summed E-state index contributed by atoms with van der Waals surface area (Å²) >= 11 is 5.92. The average molecular weight is 332 g/mol. The highest BCUT2D eigenvalue weighted by Gasteiger charge is 2.14. The summed E-state index contributed by atoms with van der Waals surface area (Å²) in [6.07, 6.45) is 3.11. The maximum atomic E-state index is 10.5. The molecule has 0 radical (unpaired) electrons. The number of unbranched alkanes of at least 4 members (excludes halogenated alkanes) is 2. The number of nitrogens with zero attached hydrogens (tertiary/aromatic N) is 1. The molecule has 0 aliphatic rings. The minimum Gasteiger partial charge on any atom is -0.387 e. The molecule has 0 aliphatic carbocycles. The third-order valence-electron chi connectivity index (χ3n) is 4.01. The molecule has 2 nitrogen and oxygen atoms in total. The molecule has 0 saturated heterocycles. The van der Waals surface area contributed by atoms with E-state index in [1.807, 2.05) is 30.3 Å². The lowest BCUT2D eigenvalue weighted by Crippen LogP contribution is -2.29. The van der Waals surface area contributed by atoms with Crippen LogP contribution in [0, 0.1) is 0 Å². The van der Waals surface area contributed by atoms with Crippen LogP contribution in [0.5, 0.6) is 0 Å². The molecule has 0 saturated carbocycles. The van der Waals surface area contributed by atoms with Gasteiger partial charge in [0.05, 0.1) is 6.10 Å². The molecule has 0 amide bonds. The highest BCUT2D eigenvalue weighted by molar-refractivity contribution is 6.30. The molecular weight excluding hydrogens is 306 g/mol. The Morgan fingerprint density at radius 3 is 2.35 bits per heavy atom. The lowest BCUT2D eigenvalue weighted by atomic mass is 10.1. The second-order valence-electron chi connectivity index (χ2n) is 6.00. The Balaban J connectivity index is 1.99. The molecule has 0 aliphatic heterocycles. The maximum Gasteiger partial charge on any atom is 0.0917 e. The first-order chi connectivity index (χ1) is 11.2. The van der Waals surface area contributed by atoms with Crippen LogP contribution in [0.4, 0.5) is 0 Å². The summed E-state index contributed by atoms with van der Waals surface area (Å²) < 4.78 is 0. The van der Waals surface area contributed by atoms with Gasteiger partial charge in [-0.05, 0) is 36.2 Å². The lowest BCUT2D eigenvalue weighted by molar-refractivity contribution is 0.108. The fourth-order valence-electron chi connectivity index (χ4n) is 2.70. The number of rotatable bonds is 9. The number of aliphatic hydroxyl groups excluding tert-OH is 1. The van der Waals surface area contributed by atoms with E-state index in [2.05, 4.69) is 36.1 Å². The summed E-state index contributed by atoms with van der Waals surface area (Å²) in [5, 5.41) is 11.2. The van der Waals surface area contributed by atoms with Crippen molar-refractivity contribution in [1.29, 1.82) is 0 Å². The van der Waals surface area contributed by atoms with Gasteiger partial charge < -0.3 is 5.11 Å².